The van der Waals surface area contributed by atoms with Crippen LogP contribution in [0.15, 0.2) is 18.2 Å². The van der Waals surface area contributed by atoms with Crippen molar-refractivity contribution in [3.05, 3.63) is 34.6 Å². The fourth-order valence-electron chi connectivity index (χ4n) is 1.64. The maximum Gasteiger partial charge on any atom is 0.142 e. The number of benzene rings is 1. The molecule has 1 fully saturated rings. The molecule has 0 spiro atoms. The van der Waals surface area contributed by atoms with Crippen LogP contribution in [0.2, 0.25) is 5.02 Å². The minimum Gasteiger partial charge on any atom is -0.372 e. The number of rotatable bonds is 1. The molecule has 2 nitrogen and oxygen atoms in total. The second-order valence-corrected chi connectivity index (χ2v) is 3.82. The topological polar surface area (TPSA) is 35.2 Å². The van der Waals surface area contributed by atoms with Crippen LogP contribution in [0.4, 0.5) is 4.39 Å². The zero-order valence-corrected chi connectivity index (χ0v) is 8.30. The van der Waals surface area contributed by atoms with E-state index in [1.165, 1.54) is 12.1 Å². The van der Waals surface area contributed by atoms with Crippen LogP contribution in [0.3, 0.4) is 0 Å². The third-order valence-corrected chi connectivity index (χ3v) is 2.72. The Labute approximate surface area is 86.8 Å². The lowest BCUT2D eigenvalue weighted by Crippen LogP contribution is -2.23. The summed E-state index contributed by atoms with van der Waals surface area (Å²) < 4.78 is 18.5. The predicted molar refractivity (Wildman–Crippen MR) is 52.7 cm³/mol. The van der Waals surface area contributed by atoms with Crippen LogP contribution in [-0.2, 0) is 4.74 Å². The van der Waals surface area contributed by atoms with Gasteiger partial charge in [0.25, 0.3) is 0 Å². The molecule has 2 N–H and O–H groups in total. The van der Waals surface area contributed by atoms with Crippen LogP contribution >= 0.6 is 11.6 Å². The van der Waals surface area contributed by atoms with Crippen molar-refractivity contribution in [3.8, 4) is 0 Å². The maximum absolute atomic E-state index is 13.1. The molecule has 1 heterocycles. The fourth-order valence-corrected chi connectivity index (χ4v) is 1.76. The SMILES string of the molecule is NC1CCOC1c1ccc(Cl)c(F)c1. The average molecular weight is 216 g/mol. The molecule has 1 aliphatic rings. The highest BCUT2D eigenvalue weighted by molar-refractivity contribution is 6.30. The Kier molecular flexibility index (Phi) is 2.72. The normalized spacial score (nSPS) is 26.8. The molecular weight excluding hydrogens is 205 g/mol. The lowest BCUT2D eigenvalue weighted by atomic mass is 10.0. The zero-order chi connectivity index (χ0) is 10.1. The Hall–Kier alpha value is -0.640. The Balaban J connectivity index is 2.28. The summed E-state index contributed by atoms with van der Waals surface area (Å²) in [6.45, 7) is 0.635. The molecule has 2 rings (SSSR count). The van der Waals surface area contributed by atoms with Gasteiger partial charge in [0.2, 0.25) is 0 Å². The van der Waals surface area contributed by atoms with Crippen molar-refractivity contribution in [3.63, 3.8) is 0 Å². The number of hydrogen-bond acceptors (Lipinski definition) is 2. The van der Waals surface area contributed by atoms with Gasteiger partial charge in [0.05, 0.1) is 11.1 Å². The molecule has 0 aliphatic carbocycles. The van der Waals surface area contributed by atoms with E-state index in [9.17, 15) is 4.39 Å². The molecule has 1 saturated heterocycles. The maximum atomic E-state index is 13.1. The molecule has 2 unspecified atom stereocenters. The molecule has 2 atom stereocenters. The van der Waals surface area contributed by atoms with E-state index in [0.29, 0.717) is 6.61 Å². The monoisotopic (exact) mass is 215 g/mol. The van der Waals surface area contributed by atoms with E-state index >= 15 is 0 Å². The third kappa shape index (κ3) is 1.75. The van der Waals surface area contributed by atoms with Gasteiger partial charge in [-0.1, -0.05) is 17.7 Å². The lowest BCUT2D eigenvalue weighted by Gasteiger charge is -2.14. The van der Waals surface area contributed by atoms with Crippen LogP contribution in [0.5, 0.6) is 0 Å². The first-order valence-electron chi connectivity index (χ1n) is 4.50. The van der Waals surface area contributed by atoms with E-state index in [2.05, 4.69) is 0 Å². The minimum atomic E-state index is -0.424. The average Bonchev–Trinajstić information content (AvgIpc) is 2.57. The summed E-state index contributed by atoms with van der Waals surface area (Å²) in [5, 5.41) is 0.125. The van der Waals surface area contributed by atoms with Crippen LogP contribution in [0, 0.1) is 5.82 Å². The molecule has 1 aromatic rings. The van der Waals surface area contributed by atoms with Gasteiger partial charge >= 0.3 is 0 Å². The molecule has 1 aromatic carbocycles. The first-order valence-corrected chi connectivity index (χ1v) is 4.88. The summed E-state index contributed by atoms with van der Waals surface area (Å²) in [7, 11) is 0. The van der Waals surface area contributed by atoms with E-state index in [0.717, 1.165) is 12.0 Å². The molecule has 0 amide bonds. The van der Waals surface area contributed by atoms with Gasteiger partial charge in [-0.05, 0) is 24.1 Å². The highest BCUT2D eigenvalue weighted by Gasteiger charge is 2.26. The highest BCUT2D eigenvalue weighted by Crippen LogP contribution is 2.29. The summed E-state index contributed by atoms with van der Waals surface area (Å²) in [6, 6.07) is 4.62. The van der Waals surface area contributed by atoms with E-state index in [1.807, 2.05) is 0 Å². The molecule has 0 bridgehead atoms. The second kappa shape index (κ2) is 3.85. The van der Waals surface area contributed by atoms with Gasteiger partial charge in [0.15, 0.2) is 0 Å². The molecule has 0 radical (unpaired) electrons. The summed E-state index contributed by atoms with van der Waals surface area (Å²) in [6.07, 6.45) is 0.622. The van der Waals surface area contributed by atoms with Crippen molar-refractivity contribution >= 4 is 11.6 Å². The third-order valence-electron chi connectivity index (χ3n) is 2.41. The van der Waals surface area contributed by atoms with Gasteiger partial charge in [0, 0.05) is 12.6 Å². The summed E-state index contributed by atoms with van der Waals surface area (Å²) >= 11 is 5.58. The van der Waals surface area contributed by atoms with Crippen LogP contribution in [0.1, 0.15) is 18.1 Å². The second-order valence-electron chi connectivity index (χ2n) is 3.42. The molecular formula is C10H11ClFNO. The van der Waals surface area contributed by atoms with E-state index in [1.54, 1.807) is 6.07 Å². The van der Waals surface area contributed by atoms with Crippen molar-refractivity contribution in [2.45, 2.75) is 18.6 Å². The van der Waals surface area contributed by atoms with Gasteiger partial charge in [-0.25, -0.2) is 4.39 Å². The highest BCUT2D eigenvalue weighted by atomic mass is 35.5. The summed E-state index contributed by atoms with van der Waals surface area (Å²) in [5.41, 5.74) is 6.58. The number of nitrogens with two attached hydrogens (primary N) is 1. The lowest BCUT2D eigenvalue weighted by molar-refractivity contribution is 0.105. The Bertz CT molecular complexity index is 345. The Morgan fingerprint density at radius 2 is 2.29 bits per heavy atom. The standard InChI is InChI=1S/C10H11ClFNO/c11-7-2-1-6(5-8(7)12)10-9(13)3-4-14-10/h1-2,5,9-10H,3-4,13H2. The zero-order valence-electron chi connectivity index (χ0n) is 7.54. The quantitative estimate of drug-likeness (QED) is 0.780. The molecule has 4 heteroatoms. The smallest absolute Gasteiger partial charge is 0.142 e. The number of ether oxygens (including phenoxy) is 1. The van der Waals surface area contributed by atoms with Gasteiger partial charge in [0.1, 0.15) is 5.82 Å². The minimum absolute atomic E-state index is 0.0458. The molecule has 1 aliphatic heterocycles. The molecule has 0 saturated carbocycles. The Morgan fingerprint density at radius 1 is 1.50 bits per heavy atom. The molecule has 0 aromatic heterocycles. The van der Waals surface area contributed by atoms with E-state index < -0.39 is 5.82 Å². The van der Waals surface area contributed by atoms with Crippen molar-refractivity contribution in [1.29, 1.82) is 0 Å². The number of hydrogen-bond donors (Lipinski definition) is 1. The van der Waals surface area contributed by atoms with E-state index in [4.69, 9.17) is 22.1 Å². The predicted octanol–water partition coefficient (Wildman–Crippen LogP) is 2.27. The number of halogens is 2. The van der Waals surface area contributed by atoms with Crippen LogP contribution in [0.25, 0.3) is 0 Å². The van der Waals surface area contributed by atoms with E-state index in [-0.39, 0.29) is 17.2 Å². The van der Waals surface area contributed by atoms with Crippen LogP contribution < -0.4 is 5.73 Å². The first-order chi connectivity index (χ1) is 6.68. The van der Waals surface area contributed by atoms with Crippen LogP contribution in [-0.4, -0.2) is 12.6 Å². The first kappa shape index (κ1) is 9.90. The van der Waals surface area contributed by atoms with Gasteiger partial charge in [-0.15, -0.1) is 0 Å². The van der Waals surface area contributed by atoms with Crippen molar-refractivity contribution in [1.82, 2.24) is 0 Å². The Morgan fingerprint density at radius 3 is 2.86 bits per heavy atom. The van der Waals surface area contributed by atoms with Crippen molar-refractivity contribution < 1.29 is 9.13 Å². The van der Waals surface area contributed by atoms with Gasteiger partial charge in [-0.2, -0.15) is 0 Å². The van der Waals surface area contributed by atoms with Crippen molar-refractivity contribution in [2.24, 2.45) is 5.73 Å². The molecule has 14 heavy (non-hydrogen) atoms. The fraction of sp³-hybridized carbons (Fsp3) is 0.400. The molecule has 76 valence electrons. The summed E-state index contributed by atoms with van der Waals surface area (Å²) in [4.78, 5) is 0. The van der Waals surface area contributed by atoms with Gasteiger partial charge < -0.3 is 10.5 Å². The summed E-state index contributed by atoms with van der Waals surface area (Å²) in [5.74, 6) is -0.424. The largest absolute Gasteiger partial charge is 0.372 e. The van der Waals surface area contributed by atoms with Crippen molar-refractivity contribution in [2.75, 3.05) is 6.61 Å². The van der Waals surface area contributed by atoms with Gasteiger partial charge in [-0.3, -0.25) is 0 Å².